The molecule has 94 valence electrons. The van der Waals surface area contributed by atoms with Crippen LogP contribution in [0.4, 0.5) is 0 Å². The van der Waals surface area contributed by atoms with Gasteiger partial charge < -0.3 is 9.84 Å². The molecule has 1 atom stereocenters. The van der Waals surface area contributed by atoms with Crippen molar-refractivity contribution in [3.05, 3.63) is 11.7 Å². The molecule has 5 heteroatoms. The third-order valence-corrected chi connectivity index (χ3v) is 3.59. The van der Waals surface area contributed by atoms with E-state index >= 15 is 0 Å². The first-order chi connectivity index (χ1) is 8.31. The van der Waals surface area contributed by atoms with Gasteiger partial charge in [-0.3, -0.25) is 4.90 Å². The summed E-state index contributed by atoms with van der Waals surface area (Å²) in [5, 5.41) is 7.41. The van der Waals surface area contributed by atoms with Crippen LogP contribution < -0.4 is 5.32 Å². The average molecular weight is 236 g/mol. The monoisotopic (exact) mass is 236 g/mol. The van der Waals surface area contributed by atoms with Gasteiger partial charge in [-0.2, -0.15) is 4.98 Å². The van der Waals surface area contributed by atoms with Crippen molar-refractivity contribution in [2.24, 2.45) is 0 Å². The van der Waals surface area contributed by atoms with Crippen molar-refractivity contribution in [2.45, 2.75) is 51.2 Å². The van der Waals surface area contributed by atoms with Gasteiger partial charge in [0.05, 0.1) is 6.54 Å². The van der Waals surface area contributed by atoms with Gasteiger partial charge in [-0.25, -0.2) is 0 Å². The van der Waals surface area contributed by atoms with E-state index in [0.717, 1.165) is 30.8 Å². The van der Waals surface area contributed by atoms with E-state index in [-0.39, 0.29) is 0 Å². The second-order valence-electron chi connectivity index (χ2n) is 5.19. The van der Waals surface area contributed by atoms with Crippen LogP contribution in [0.25, 0.3) is 0 Å². The summed E-state index contributed by atoms with van der Waals surface area (Å²) in [5.74, 6) is 1.49. The topological polar surface area (TPSA) is 54.2 Å². The molecule has 2 aliphatic rings. The van der Waals surface area contributed by atoms with E-state index in [9.17, 15) is 0 Å². The van der Waals surface area contributed by atoms with Gasteiger partial charge >= 0.3 is 0 Å². The first-order valence-electron chi connectivity index (χ1n) is 6.58. The quantitative estimate of drug-likeness (QED) is 0.829. The maximum atomic E-state index is 5.21. The Balaban J connectivity index is 1.59. The van der Waals surface area contributed by atoms with E-state index in [4.69, 9.17) is 4.52 Å². The van der Waals surface area contributed by atoms with Crippen molar-refractivity contribution < 1.29 is 4.52 Å². The summed E-state index contributed by atoms with van der Waals surface area (Å²) in [6.45, 7) is 4.96. The van der Waals surface area contributed by atoms with Crippen molar-refractivity contribution in [3.63, 3.8) is 0 Å². The highest BCUT2D eigenvalue weighted by Crippen LogP contribution is 2.28. The first-order valence-corrected chi connectivity index (χ1v) is 6.58. The fourth-order valence-corrected chi connectivity index (χ4v) is 2.56. The molecule has 1 aromatic heterocycles. The number of hydrogen-bond donors (Lipinski definition) is 1. The minimum Gasteiger partial charge on any atom is -0.338 e. The second kappa shape index (κ2) is 4.74. The fourth-order valence-electron chi connectivity index (χ4n) is 2.56. The average Bonchev–Trinajstić information content (AvgIpc) is 2.89. The van der Waals surface area contributed by atoms with Crippen LogP contribution in [-0.2, 0) is 6.54 Å². The lowest BCUT2D eigenvalue weighted by atomic mass is 10.2. The molecule has 17 heavy (non-hydrogen) atoms. The zero-order chi connectivity index (χ0) is 11.7. The van der Waals surface area contributed by atoms with Crippen LogP contribution in [0.1, 0.15) is 37.4 Å². The number of aromatic nitrogens is 2. The van der Waals surface area contributed by atoms with Gasteiger partial charge in [-0.05, 0) is 39.2 Å². The molecule has 1 aliphatic heterocycles. The highest BCUT2D eigenvalue weighted by Gasteiger charge is 2.32. The molecule has 0 unspecified atom stereocenters. The van der Waals surface area contributed by atoms with Crippen molar-refractivity contribution in [1.29, 1.82) is 0 Å². The molecule has 0 spiro atoms. The van der Waals surface area contributed by atoms with Gasteiger partial charge in [-0.1, -0.05) is 5.16 Å². The smallest absolute Gasteiger partial charge is 0.240 e. The Bertz CT molecular complexity index is 368. The van der Waals surface area contributed by atoms with Crippen molar-refractivity contribution in [1.82, 2.24) is 20.4 Å². The summed E-state index contributed by atoms with van der Waals surface area (Å²) in [4.78, 5) is 6.79. The molecule has 1 N–H and O–H groups in total. The molecule has 5 nitrogen and oxygen atoms in total. The van der Waals surface area contributed by atoms with Crippen molar-refractivity contribution in [2.75, 3.05) is 13.1 Å². The van der Waals surface area contributed by atoms with E-state index in [1.807, 2.05) is 6.92 Å². The summed E-state index contributed by atoms with van der Waals surface area (Å²) in [6, 6.07) is 1.39. The molecular formula is C12H20N4O. The van der Waals surface area contributed by atoms with E-state index in [1.165, 1.54) is 32.2 Å². The number of hydrogen-bond acceptors (Lipinski definition) is 5. The normalized spacial score (nSPS) is 24.7. The largest absolute Gasteiger partial charge is 0.338 e. The molecule has 1 saturated heterocycles. The van der Waals surface area contributed by atoms with Gasteiger partial charge in [-0.15, -0.1) is 0 Å². The number of nitrogens with one attached hydrogen (secondary N) is 1. The fraction of sp³-hybridized carbons (Fsp3) is 0.833. The molecule has 0 amide bonds. The molecule has 1 aliphatic carbocycles. The summed E-state index contributed by atoms with van der Waals surface area (Å²) >= 11 is 0. The second-order valence-corrected chi connectivity index (χ2v) is 5.19. The van der Waals surface area contributed by atoms with Crippen LogP contribution in [-0.4, -0.2) is 40.2 Å². The Kier molecular flexibility index (Phi) is 3.11. The third kappa shape index (κ3) is 2.84. The van der Waals surface area contributed by atoms with Gasteiger partial charge in [0.25, 0.3) is 0 Å². The standard InChI is InChI=1S/C12H20N4O/c1-9-14-12(17-15-9)8-16(11-4-5-11)7-10-3-2-6-13-10/h10-11,13H,2-8H2,1H3/t10-/m0/s1. The third-order valence-electron chi connectivity index (χ3n) is 3.59. The first kappa shape index (κ1) is 11.2. The zero-order valence-electron chi connectivity index (χ0n) is 10.4. The minimum atomic E-state index is 0.652. The van der Waals surface area contributed by atoms with Crippen molar-refractivity contribution >= 4 is 0 Å². The van der Waals surface area contributed by atoms with Crippen molar-refractivity contribution in [3.8, 4) is 0 Å². The Morgan fingerprint density at radius 1 is 1.41 bits per heavy atom. The summed E-state index contributed by atoms with van der Waals surface area (Å²) < 4.78 is 5.21. The van der Waals surface area contributed by atoms with E-state index in [1.54, 1.807) is 0 Å². The molecule has 1 saturated carbocycles. The number of aryl methyl sites for hydroxylation is 1. The Morgan fingerprint density at radius 2 is 2.29 bits per heavy atom. The lowest BCUT2D eigenvalue weighted by molar-refractivity contribution is 0.200. The van der Waals surface area contributed by atoms with Crippen LogP contribution >= 0.6 is 0 Å². The Morgan fingerprint density at radius 3 is 2.88 bits per heavy atom. The molecule has 0 radical (unpaired) electrons. The molecule has 1 aromatic rings. The van der Waals surface area contributed by atoms with Crippen LogP contribution in [0.3, 0.4) is 0 Å². The van der Waals surface area contributed by atoms with Crippen LogP contribution in [0.5, 0.6) is 0 Å². The number of rotatable bonds is 5. The molecule has 0 aromatic carbocycles. The summed E-state index contributed by atoms with van der Waals surface area (Å²) in [5.41, 5.74) is 0. The predicted molar refractivity (Wildman–Crippen MR) is 63.5 cm³/mol. The highest BCUT2D eigenvalue weighted by molar-refractivity contribution is 4.92. The SMILES string of the molecule is Cc1noc(CN(C[C@@H]2CCCN2)C2CC2)n1. The summed E-state index contributed by atoms with van der Waals surface area (Å²) in [6.07, 6.45) is 5.24. The number of nitrogens with zero attached hydrogens (tertiary/aromatic N) is 3. The maximum Gasteiger partial charge on any atom is 0.240 e. The molecular weight excluding hydrogens is 216 g/mol. The summed E-state index contributed by atoms with van der Waals surface area (Å²) in [7, 11) is 0. The lowest BCUT2D eigenvalue weighted by Crippen LogP contribution is -2.38. The van der Waals surface area contributed by atoms with E-state index in [2.05, 4.69) is 20.4 Å². The predicted octanol–water partition coefficient (Wildman–Crippen LogP) is 1.09. The van der Waals surface area contributed by atoms with E-state index < -0.39 is 0 Å². The molecule has 2 heterocycles. The van der Waals surface area contributed by atoms with Crippen LogP contribution in [0.2, 0.25) is 0 Å². The van der Waals surface area contributed by atoms with Gasteiger partial charge in [0, 0.05) is 18.6 Å². The van der Waals surface area contributed by atoms with Gasteiger partial charge in [0.1, 0.15) is 0 Å². The molecule has 3 rings (SSSR count). The Hall–Kier alpha value is -0.940. The lowest BCUT2D eigenvalue weighted by Gasteiger charge is -2.23. The van der Waals surface area contributed by atoms with Crippen LogP contribution in [0, 0.1) is 6.92 Å². The molecule has 0 bridgehead atoms. The van der Waals surface area contributed by atoms with E-state index in [0.29, 0.717) is 6.04 Å². The highest BCUT2D eigenvalue weighted by atomic mass is 16.5. The maximum absolute atomic E-state index is 5.21. The molecule has 2 fully saturated rings. The van der Waals surface area contributed by atoms with Crippen LogP contribution in [0.15, 0.2) is 4.52 Å². The van der Waals surface area contributed by atoms with Gasteiger partial charge in [0.2, 0.25) is 5.89 Å². The van der Waals surface area contributed by atoms with Gasteiger partial charge in [0.15, 0.2) is 5.82 Å². The minimum absolute atomic E-state index is 0.652. The Labute approximate surface area is 102 Å². The zero-order valence-corrected chi connectivity index (χ0v) is 10.4.